The molecule has 4 nitrogen and oxygen atoms in total. The standard InChI is InChI=1S/C14H24N4/c1-4-18(9-11-6-5-7-11)13-8-12(15)16-14(17-13)10(2)3/h8,10-11H,4-7,9H2,1-3H3,(H2,15,16,17). The smallest absolute Gasteiger partial charge is 0.135 e. The van der Waals surface area contributed by atoms with Crippen LogP contribution >= 0.6 is 0 Å². The SMILES string of the molecule is CCN(CC1CCC1)c1cc(N)nc(C(C)C)n1. The molecule has 1 aliphatic carbocycles. The van der Waals surface area contributed by atoms with Crippen LogP contribution in [0.15, 0.2) is 6.07 Å². The van der Waals surface area contributed by atoms with E-state index in [1.54, 1.807) is 0 Å². The van der Waals surface area contributed by atoms with E-state index in [9.17, 15) is 0 Å². The minimum Gasteiger partial charge on any atom is -0.384 e. The van der Waals surface area contributed by atoms with Crippen molar-refractivity contribution in [2.24, 2.45) is 5.92 Å². The van der Waals surface area contributed by atoms with Crippen molar-refractivity contribution in [1.29, 1.82) is 0 Å². The molecule has 0 amide bonds. The van der Waals surface area contributed by atoms with Crippen molar-refractivity contribution < 1.29 is 0 Å². The largest absolute Gasteiger partial charge is 0.384 e. The molecule has 1 fully saturated rings. The van der Waals surface area contributed by atoms with Gasteiger partial charge >= 0.3 is 0 Å². The van der Waals surface area contributed by atoms with Crippen molar-refractivity contribution in [3.05, 3.63) is 11.9 Å². The lowest BCUT2D eigenvalue weighted by Gasteiger charge is -2.32. The van der Waals surface area contributed by atoms with E-state index in [2.05, 4.69) is 35.6 Å². The molecule has 0 unspecified atom stereocenters. The van der Waals surface area contributed by atoms with Crippen LogP contribution in [0.3, 0.4) is 0 Å². The van der Waals surface area contributed by atoms with Crippen LogP contribution in [0, 0.1) is 5.92 Å². The van der Waals surface area contributed by atoms with E-state index in [1.807, 2.05) is 6.07 Å². The van der Waals surface area contributed by atoms with E-state index < -0.39 is 0 Å². The Morgan fingerprint density at radius 1 is 1.39 bits per heavy atom. The third-order valence-electron chi connectivity index (χ3n) is 3.68. The molecule has 0 saturated heterocycles. The van der Waals surface area contributed by atoms with Gasteiger partial charge in [-0.1, -0.05) is 20.3 Å². The maximum Gasteiger partial charge on any atom is 0.135 e. The van der Waals surface area contributed by atoms with Gasteiger partial charge in [0.25, 0.3) is 0 Å². The lowest BCUT2D eigenvalue weighted by Crippen LogP contribution is -2.33. The fraction of sp³-hybridized carbons (Fsp3) is 0.714. The van der Waals surface area contributed by atoms with Gasteiger partial charge in [0.2, 0.25) is 0 Å². The van der Waals surface area contributed by atoms with Crippen LogP contribution in [0.4, 0.5) is 11.6 Å². The van der Waals surface area contributed by atoms with E-state index >= 15 is 0 Å². The van der Waals surface area contributed by atoms with Gasteiger partial charge in [-0.3, -0.25) is 0 Å². The van der Waals surface area contributed by atoms with E-state index in [0.29, 0.717) is 11.7 Å². The van der Waals surface area contributed by atoms with Gasteiger partial charge in [0.1, 0.15) is 17.5 Å². The number of hydrogen-bond donors (Lipinski definition) is 1. The number of anilines is 2. The van der Waals surface area contributed by atoms with E-state index in [1.165, 1.54) is 19.3 Å². The highest BCUT2D eigenvalue weighted by Crippen LogP contribution is 2.29. The first-order valence-electron chi connectivity index (χ1n) is 6.99. The van der Waals surface area contributed by atoms with Gasteiger partial charge in [0, 0.05) is 25.1 Å². The zero-order valence-electron chi connectivity index (χ0n) is 11.7. The summed E-state index contributed by atoms with van der Waals surface area (Å²) in [5, 5.41) is 0. The van der Waals surface area contributed by atoms with Gasteiger partial charge in [-0.15, -0.1) is 0 Å². The van der Waals surface area contributed by atoms with Gasteiger partial charge in [-0.05, 0) is 25.7 Å². The Morgan fingerprint density at radius 2 is 2.11 bits per heavy atom. The Balaban J connectivity index is 2.17. The average Bonchev–Trinajstić information content (AvgIpc) is 2.27. The summed E-state index contributed by atoms with van der Waals surface area (Å²) in [5.74, 6) is 3.56. The van der Waals surface area contributed by atoms with Gasteiger partial charge in [0.05, 0.1) is 0 Å². The molecule has 0 bridgehead atoms. The molecule has 1 heterocycles. The fourth-order valence-electron chi connectivity index (χ4n) is 2.26. The molecule has 0 atom stereocenters. The average molecular weight is 248 g/mol. The fourth-order valence-corrected chi connectivity index (χ4v) is 2.26. The normalized spacial score (nSPS) is 15.8. The molecule has 0 aromatic carbocycles. The van der Waals surface area contributed by atoms with Crippen LogP contribution in [0.25, 0.3) is 0 Å². The Kier molecular flexibility index (Phi) is 4.04. The highest BCUT2D eigenvalue weighted by atomic mass is 15.2. The van der Waals surface area contributed by atoms with Gasteiger partial charge in [-0.2, -0.15) is 0 Å². The van der Waals surface area contributed by atoms with Gasteiger partial charge in [-0.25, -0.2) is 9.97 Å². The predicted octanol–water partition coefficient (Wildman–Crippen LogP) is 2.81. The summed E-state index contributed by atoms with van der Waals surface area (Å²) >= 11 is 0. The molecule has 1 saturated carbocycles. The Labute approximate surface area is 110 Å². The lowest BCUT2D eigenvalue weighted by atomic mass is 9.85. The molecule has 100 valence electrons. The highest BCUT2D eigenvalue weighted by molar-refractivity contribution is 5.47. The van der Waals surface area contributed by atoms with Crippen LogP contribution in [-0.2, 0) is 0 Å². The highest BCUT2D eigenvalue weighted by Gasteiger charge is 2.21. The van der Waals surface area contributed by atoms with E-state index in [-0.39, 0.29) is 0 Å². The number of nitrogen functional groups attached to an aromatic ring is 1. The first kappa shape index (κ1) is 13.1. The Morgan fingerprint density at radius 3 is 2.61 bits per heavy atom. The number of aromatic nitrogens is 2. The number of hydrogen-bond acceptors (Lipinski definition) is 4. The maximum atomic E-state index is 5.89. The zero-order chi connectivity index (χ0) is 13.1. The summed E-state index contributed by atoms with van der Waals surface area (Å²) in [7, 11) is 0. The molecule has 2 N–H and O–H groups in total. The summed E-state index contributed by atoms with van der Waals surface area (Å²) in [4.78, 5) is 11.3. The van der Waals surface area contributed by atoms with Crippen LogP contribution in [0.2, 0.25) is 0 Å². The van der Waals surface area contributed by atoms with Crippen molar-refractivity contribution in [2.45, 2.75) is 46.0 Å². The first-order chi connectivity index (χ1) is 8.60. The summed E-state index contributed by atoms with van der Waals surface area (Å²) in [6.45, 7) is 8.45. The minimum absolute atomic E-state index is 0.314. The molecule has 0 aliphatic heterocycles. The molecule has 4 heteroatoms. The number of nitrogens with zero attached hydrogens (tertiary/aromatic N) is 3. The van der Waals surface area contributed by atoms with Crippen molar-refractivity contribution in [3.8, 4) is 0 Å². The van der Waals surface area contributed by atoms with Gasteiger partial charge in [0.15, 0.2) is 0 Å². The van der Waals surface area contributed by atoms with Crippen LogP contribution in [0.1, 0.15) is 51.8 Å². The zero-order valence-corrected chi connectivity index (χ0v) is 11.7. The van der Waals surface area contributed by atoms with Gasteiger partial charge < -0.3 is 10.6 Å². The van der Waals surface area contributed by atoms with Crippen LogP contribution in [0.5, 0.6) is 0 Å². The van der Waals surface area contributed by atoms with Crippen molar-refractivity contribution in [2.75, 3.05) is 23.7 Å². The molecule has 1 aromatic rings. The van der Waals surface area contributed by atoms with Crippen molar-refractivity contribution in [3.63, 3.8) is 0 Å². The van der Waals surface area contributed by atoms with Crippen molar-refractivity contribution >= 4 is 11.6 Å². The van der Waals surface area contributed by atoms with Crippen LogP contribution < -0.4 is 10.6 Å². The summed E-state index contributed by atoms with van der Waals surface area (Å²) < 4.78 is 0. The predicted molar refractivity (Wildman–Crippen MR) is 75.8 cm³/mol. The summed E-state index contributed by atoms with van der Waals surface area (Å²) in [5.41, 5.74) is 5.89. The molecule has 2 rings (SSSR count). The Hall–Kier alpha value is -1.32. The molecular formula is C14H24N4. The van der Waals surface area contributed by atoms with Crippen molar-refractivity contribution in [1.82, 2.24) is 9.97 Å². The lowest BCUT2D eigenvalue weighted by molar-refractivity contribution is 0.318. The van der Waals surface area contributed by atoms with Crippen LogP contribution in [-0.4, -0.2) is 23.1 Å². The Bertz CT molecular complexity index is 399. The van der Waals surface area contributed by atoms with E-state index in [0.717, 1.165) is 30.6 Å². The maximum absolute atomic E-state index is 5.89. The first-order valence-corrected chi connectivity index (χ1v) is 6.99. The third-order valence-corrected chi connectivity index (χ3v) is 3.68. The number of rotatable bonds is 5. The summed E-state index contributed by atoms with van der Waals surface area (Å²) in [6, 6.07) is 1.90. The quantitative estimate of drug-likeness (QED) is 0.870. The summed E-state index contributed by atoms with van der Waals surface area (Å²) in [6.07, 6.45) is 4.09. The van der Waals surface area contributed by atoms with E-state index in [4.69, 9.17) is 5.73 Å². The second-order valence-electron chi connectivity index (χ2n) is 5.50. The molecule has 18 heavy (non-hydrogen) atoms. The third kappa shape index (κ3) is 2.92. The molecule has 0 spiro atoms. The molecular weight excluding hydrogens is 224 g/mol. The minimum atomic E-state index is 0.314. The molecule has 0 radical (unpaired) electrons. The molecule has 1 aliphatic rings. The second kappa shape index (κ2) is 5.55. The number of nitrogens with two attached hydrogens (primary N) is 1. The second-order valence-corrected chi connectivity index (χ2v) is 5.50. The topological polar surface area (TPSA) is 55.0 Å². The monoisotopic (exact) mass is 248 g/mol. The molecule has 1 aromatic heterocycles.